The first-order chi connectivity index (χ1) is 13.3. The van der Waals surface area contributed by atoms with E-state index >= 15 is 0 Å². The summed E-state index contributed by atoms with van der Waals surface area (Å²) in [5, 5.41) is 1.48. The van der Waals surface area contributed by atoms with E-state index in [1.807, 2.05) is 6.92 Å². The van der Waals surface area contributed by atoms with Crippen LogP contribution in [0, 0.1) is 5.82 Å². The second-order valence-electron chi connectivity index (χ2n) is 6.65. The summed E-state index contributed by atoms with van der Waals surface area (Å²) in [6.45, 7) is 4.02. The van der Waals surface area contributed by atoms with Gasteiger partial charge in [-0.2, -0.15) is 0 Å². The molecule has 1 aliphatic heterocycles. The van der Waals surface area contributed by atoms with E-state index in [0.29, 0.717) is 39.6 Å². The number of nitrogens with zero attached hydrogens (tertiary/aromatic N) is 2. The fourth-order valence-corrected chi connectivity index (χ4v) is 5.47. The van der Waals surface area contributed by atoms with Gasteiger partial charge in [-0.25, -0.2) is 16.8 Å². The maximum Gasteiger partial charge on any atom is 0.268 e. The van der Waals surface area contributed by atoms with Gasteiger partial charge in [-0.15, -0.1) is 0 Å². The van der Waals surface area contributed by atoms with E-state index in [4.69, 9.17) is 23.2 Å². The Bertz CT molecular complexity index is 1220. The fourth-order valence-electron chi connectivity index (χ4n) is 3.46. The smallest absolute Gasteiger partial charge is 0.268 e. The van der Waals surface area contributed by atoms with Crippen LogP contribution in [0.3, 0.4) is 0 Å². The Balaban J connectivity index is 1.96. The Morgan fingerprint density at radius 3 is 2.57 bits per heavy atom. The van der Waals surface area contributed by atoms with Crippen molar-refractivity contribution < 1.29 is 12.8 Å². The van der Waals surface area contributed by atoms with Crippen molar-refractivity contribution in [3.63, 3.8) is 0 Å². The number of hydrogen-bond donors (Lipinski definition) is 0. The maximum atomic E-state index is 14.0. The lowest BCUT2D eigenvalue weighted by atomic mass is 10.1. The second kappa shape index (κ2) is 7.19. The van der Waals surface area contributed by atoms with Crippen molar-refractivity contribution in [2.75, 3.05) is 19.6 Å². The van der Waals surface area contributed by atoms with Crippen LogP contribution in [0.15, 0.2) is 58.6 Å². The molecule has 0 bridgehead atoms. The minimum Gasteiger partial charge on any atom is -0.294 e. The largest absolute Gasteiger partial charge is 0.294 e. The SMILES string of the molecule is CCN1CC(Cl)=C(c2cn(S(=O)(=O)c3cccc(Cl)c3)c3ccc(F)cc23)C1. The monoisotopic (exact) mass is 438 g/mol. The minimum absolute atomic E-state index is 0.0643. The molecule has 0 saturated heterocycles. The molecule has 146 valence electrons. The molecule has 0 N–H and O–H groups in total. The average Bonchev–Trinajstić information content (AvgIpc) is 3.21. The zero-order chi connectivity index (χ0) is 20.1. The van der Waals surface area contributed by atoms with Crippen LogP contribution in [-0.4, -0.2) is 36.9 Å². The topological polar surface area (TPSA) is 42.3 Å². The summed E-state index contributed by atoms with van der Waals surface area (Å²) in [6, 6.07) is 10.1. The van der Waals surface area contributed by atoms with E-state index in [1.165, 1.54) is 40.5 Å². The lowest BCUT2D eigenvalue weighted by molar-refractivity contribution is 0.375. The van der Waals surface area contributed by atoms with Gasteiger partial charge in [0.25, 0.3) is 10.0 Å². The molecule has 3 aromatic rings. The quantitative estimate of drug-likeness (QED) is 0.578. The molecule has 8 heteroatoms. The Morgan fingerprint density at radius 1 is 1.11 bits per heavy atom. The molecule has 0 atom stereocenters. The predicted molar refractivity (Wildman–Crippen MR) is 111 cm³/mol. The normalized spacial score (nSPS) is 15.7. The van der Waals surface area contributed by atoms with Gasteiger partial charge < -0.3 is 0 Å². The molecule has 1 aromatic heterocycles. The van der Waals surface area contributed by atoms with Crippen molar-refractivity contribution in [3.8, 4) is 0 Å². The van der Waals surface area contributed by atoms with Gasteiger partial charge in [0, 0.05) is 40.3 Å². The van der Waals surface area contributed by atoms with Crippen molar-refractivity contribution >= 4 is 49.7 Å². The van der Waals surface area contributed by atoms with E-state index in [0.717, 1.165) is 12.1 Å². The van der Waals surface area contributed by atoms with Gasteiger partial charge in [-0.05, 0) is 48.5 Å². The molecule has 0 fully saturated rings. The third-order valence-corrected chi connectivity index (χ3v) is 7.18. The average molecular weight is 439 g/mol. The van der Waals surface area contributed by atoms with E-state index in [1.54, 1.807) is 12.1 Å². The molecular weight excluding hydrogens is 422 g/mol. The van der Waals surface area contributed by atoms with Crippen molar-refractivity contribution in [3.05, 3.63) is 70.1 Å². The highest BCUT2D eigenvalue weighted by atomic mass is 35.5. The fraction of sp³-hybridized carbons (Fsp3) is 0.200. The molecule has 0 aliphatic carbocycles. The first-order valence-electron chi connectivity index (χ1n) is 8.73. The standard InChI is InChI=1S/C20H17Cl2FN2O2S/c1-2-24-10-18(19(22)12-24)17-11-25(20-7-6-14(23)9-16(17)20)28(26,27)15-5-3-4-13(21)8-15/h3-9,11H,2,10,12H2,1H3. The van der Waals surface area contributed by atoms with Crippen LogP contribution < -0.4 is 0 Å². The van der Waals surface area contributed by atoms with Gasteiger partial charge >= 0.3 is 0 Å². The summed E-state index contributed by atoms with van der Waals surface area (Å²) in [4.78, 5) is 2.19. The van der Waals surface area contributed by atoms with E-state index < -0.39 is 15.8 Å². The number of likely N-dealkylation sites (N-methyl/N-ethyl adjacent to an activating group) is 1. The zero-order valence-electron chi connectivity index (χ0n) is 15.0. The molecule has 2 heterocycles. The number of rotatable bonds is 4. The molecule has 0 amide bonds. The van der Waals surface area contributed by atoms with Crippen LogP contribution in [0.25, 0.3) is 16.5 Å². The van der Waals surface area contributed by atoms with Gasteiger partial charge in [0.15, 0.2) is 0 Å². The highest BCUT2D eigenvalue weighted by molar-refractivity contribution is 7.90. The Morgan fingerprint density at radius 2 is 1.89 bits per heavy atom. The van der Waals surface area contributed by atoms with Crippen LogP contribution in [0.4, 0.5) is 4.39 Å². The summed E-state index contributed by atoms with van der Waals surface area (Å²) < 4.78 is 41.7. The summed E-state index contributed by atoms with van der Waals surface area (Å²) in [7, 11) is -3.92. The summed E-state index contributed by atoms with van der Waals surface area (Å²) in [5.74, 6) is -0.436. The molecule has 4 nitrogen and oxygen atoms in total. The van der Waals surface area contributed by atoms with Crippen molar-refractivity contribution in [2.45, 2.75) is 11.8 Å². The number of fused-ring (bicyclic) bond motifs is 1. The summed E-state index contributed by atoms with van der Waals surface area (Å²) in [5.41, 5.74) is 1.84. The van der Waals surface area contributed by atoms with Crippen molar-refractivity contribution in [2.24, 2.45) is 0 Å². The second-order valence-corrected chi connectivity index (χ2v) is 9.36. The molecule has 2 aromatic carbocycles. The van der Waals surface area contributed by atoms with E-state index in [9.17, 15) is 12.8 Å². The Kier molecular flexibility index (Phi) is 5.00. The maximum absolute atomic E-state index is 14.0. The molecule has 4 rings (SSSR count). The highest BCUT2D eigenvalue weighted by Gasteiger charge is 2.27. The molecule has 1 aliphatic rings. The van der Waals surface area contributed by atoms with Crippen molar-refractivity contribution in [1.29, 1.82) is 0 Å². The third kappa shape index (κ3) is 3.24. The van der Waals surface area contributed by atoms with Crippen molar-refractivity contribution in [1.82, 2.24) is 8.87 Å². The van der Waals surface area contributed by atoms with Gasteiger partial charge in [-0.1, -0.05) is 36.2 Å². The molecule has 28 heavy (non-hydrogen) atoms. The van der Waals surface area contributed by atoms with E-state index in [2.05, 4.69) is 4.90 Å². The van der Waals surface area contributed by atoms with Gasteiger partial charge in [0.2, 0.25) is 0 Å². The molecule has 0 radical (unpaired) electrons. The number of benzene rings is 2. The van der Waals surface area contributed by atoms with Gasteiger partial charge in [0.1, 0.15) is 5.82 Å². The molecule has 0 spiro atoms. The first kappa shape index (κ1) is 19.5. The number of halogens is 3. The Hall–Kier alpha value is -1.86. The van der Waals surface area contributed by atoms with Crippen LogP contribution in [-0.2, 0) is 10.0 Å². The lowest BCUT2D eigenvalue weighted by Gasteiger charge is -2.11. The zero-order valence-corrected chi connectivity index (χ0v) is 17.3. The number of hydrogen-bond acceptors (Lipinski definition) is 3. The van der Waals surface area contributed by atoms with E-state index in [-0.39, 0.29) is 4.90 Å². The molecule has 0 unspecified atom stereocenters. The minimum atomic E-state index is -3.92. The van der Waals surface area contributed by atoms with Crippen LogP contribution in [0.2, 0.25) is 5.02 Å². The van der Waals surface area contributed by atoms with Gasteiger partial charge in [-0.3, -0.25) is 4.90 Å². The van der Waals surface area contributed by atoms with Gasteiger partial charge in [0.05, 0.1) is 10.4 Å². The summed E-state index contributed by atoms with van der Waals surface area (Å²) in [6.07, 6.45) is 1.53. The predicted octanol–water partition coefficient (Wildman–Crippen LogP) is 4.96. The lowest BCUT2D eigenvalue weighted by Crippen LogP contribution is -2.20. The van der Waals surface area contributed by atoms with Crippen LogP contribution >= 0.6 is 23.2 Å². The molecular formula is C20H17Cl2FN2O2S. The van der Waals surface area contributed by atoms with Crippen LogP contribution in [0.1, 0.15) is 12.5 Å². The highest BCUT2D eigenvalue weighted by Crippen LogP contribution is 2.36. The summed E-state index contributed by atoms with van der Waals surface area (Å²) >= 11 is 12.4. The first-order valence-corrected chi connectivity index (χ1v) is 10.9. The molecule has 0 saturated carbocycles. The number of aromatic nitrogens is 1. The van der Waals surface area contributed by atoms with Crippen LogP contribution in [0.5, 0.6) is 0 Å². The Labute approximate surface area is 172 Å². The third-order valence-electron chi connectivity index (χ3n) is 4.93.